The molecule has 0 radical (unpaired) electrons. The molecule has 1 aromatic heterocycles. The summed E-state index contributed by atoms with van der Waals surface area (Å²) in [5.41, 5.74) is 0.284. The zero-order valence-electron chi connectivity index (χ0n) is 11.0. The highest BCUT2D eigenvalue weighted by atomic mass is 16.5. The molecule has 0 unspecified atom stereocenters. The lowest BCUT2D eigenvalue weighted by atomic mass is 10.2. The molecule has 1 amide bonds. The fourth-order valence-electron chi connectivity index (χ4n) is 1.90. The molecular weight excluding hydrogens is 262 g/mol. The van der Waals surface area contributed by atoms with E-state index < -0.39 is 5.97 Å². The fraction of sp³-hybridized carbons (Fsp3) is 0.462. The van der Waals surface area contributed by atoms with E-state index in [1.54, 1.807) is 0 Å². The number of hydrogen-bond donors (Lipinski definition) is 2. The molecule has 20 heavy (non-hydrogen) atoms. The summed E-state index contributed by atoms with van der Waals surface area (Å²) in [7, 11) is 0. The number of carboxylic acids is 1. The van der Waals surface area contributed by atoms with Crippen molar-refractivity contribution in [1.29, 1.82) is 0 Å². The smallest absolute Gasteiger partial charge is 0.337 e. The van der Waals surface area contributed by atoms with E-state index in [0.717, 1.165) is 32.8 Å². The van der Waals surface area contributed by atoms with Crippen LogP contribution in [0.15, 0.2) is 18.3 Å². The molecule has 2 heterocycles. The summed E-state index contributed by atoms with van der Waals surface area (Å²) in [6, 6.07) is 2.78. The van der Waals surface area contributed by atoms with E-state index in [4.69, 9.17) is 9.84 Å². The number of carbonyl (C=O) groups is 2. The number of amides is 1. The summed E-state index contributed by atoms with van der Waals surface area (Å²) >= 11 is 0. The van der Waals surface area contributed by atoms with Crippen LogP contribution in [-0.4, -0.2) is 66.3 Å². The first-order valence-corrected chi connectivity index (χ1v) is 6.44. The maximum atomic E-state index is 11.8. The normalized spacial score (nSPS) is 15.8. The minimum Gasteiger partial charge on any atom is -0.478 e. The minimum atomic E-state index is -1.06. The van der Waals surface area contributed by atoms with Crippen LogP contribution in [0.5, 0.6) is 0 Å². The highest BCUT2D eigenvalue weighted by molar-refractivity contribution is 5.93. The lowest BCUT2D eigenvalue weighted by Crippen LogP contribution is -2.41. The average Bonchev–Trinajstić information content (AvgIpc) is 2.48. The molecule has 0 aromatic carbocycles. The van der Waals surface area contributed by atoms with Gasteiger partial charge in [0.2, 0.25) is 0 Å². The highest BCUT2D eigenvalue weighted by Crippen LogP contribution is 2.00. The number of pyridine rings is 1. The molecule has 108 valence electrons. The van der Waals surface area contributed by atoms with E-state index in [1.165, 1.54) is 18.3 Å². The molecule has 1 saturated heterocycles. The number of aromatic nitrogens is 1. The van der Waals surface area contributed by atoms with Crippen molar-refractivity contribution in [2.45, 2.75) is 0 Å². The predicted octanol–water partition coefficient (Wildman–Crippen LogP) is -0.158. The number of rotatable bonds is 5. The summed E-state index contributed by atoms with van der Waals surface area (Å²) < 4.78 is 5.24. The van der Waals surface area contributed by atoms with Crippen LogP contribution in [0.1, 0.15) is 20.8 Å². The molecule has 0 spiro atoms. The molecule has 0 saturated carbocycles. The van der Waals surface area contributed by atoms with E-state index in [0.29, 0.717) is 6.54 Å². The second-order valence-corrected chi connectivity index (χ2v) is 4.45. The molecule has 7 heteroatoms. The van der Waals surface area contributed by atoms with Crippen LogP contribution in [0, 0.1) is 0 Å². The van der Waals surface area contributed by atoms with Crippen LogP contribution in [0.2, 0.25) is 0 Å². The molecule has 7 nitrogen and oxygen atoms in total. The van der Waals surface area contributed by atoms with E-state index in [2.05, 4.69) is 15.2 Å². The van der Waals surface area contributed by atoms with Gasteiger partial charge in [0.1, 0.15) is 5.69 Å². The Bertz CT molecular complexity index is 469. The molecule has 1 aliphatic rings. The average molecular weight is 279 g/mol. The lowest BCUT2D eigenvalue weighted by Gasteiger charge is -2.26. The summed E-state index contributed by atoms with van der Waals surface area (Å²) in [6.45, 7) is 4.50. The highest BCUT2D eigenvalue weighted by Gasteiger charge is 2.12. The Hall–Kier alpha value is -1.99. The monoisotopic (exact) mass is 279 g/mol. The molecule has 0 aliphatic carbocycles. The summed E-state index contributed by atoms with van der Waals surface area (Å²) in [6.07, 6.45) is 1.18. The summed E-state index contributed by atoms with van der Waals surface area (Å²) in [5, 5.41) is 11.5. The number of hydrogen-bond acceptors (Lipinski definition) is 5. The number of carbonyl (C=O) groups excluding carboxylic acids is 1. The Labute approximate surface area is 116 Å². The third-order valence-corrected chi connectivity index (χ3v) is 3.06. The number of nitrogens with zero attached hydrogens (tertiary/aromatic N) is 2. The van der Waals surface area contributed by atoms with Gasteiger partial charge in [0.05, 0.1) is 18.8 Å². The molecule has 0 bridgehead atoms. The van der Waals surface area contributed by atoms with Gasteiger partial charge < -0.3 is 15.2 Å². The second kappa shape index (κ2) is 6.97. The molecule has 2 rings (SSSR count). The number of aromatic carboxylic acids is 1. The van der Waals surface area contributed by atoms with Gasteiger partial charge in [0.15, 0.2) is 0 Å². The van der Waals surface area contributed by atoms with Crippen molar-refractivity contribution in [2.24, 2.45) is 0 Å². The molecular formula is C13H17N3O4. The van der Waals surface area contributed by atoms with Gasteiger partial charge in [-0.1, -0.05) is 0 Å². The SMILES string of the molecule is O=C(O)c1ccc(C(=O)NCCN2CCOCC2)nc1. The van der Waals surface area contributed by atoms with Crippen molar-refractivity contribution in [3.8, 4) is 0 Å². The van der Waals surface area contributed by atoms with Gasteiger partial charge in [0, 0.05) is 32.4 Å². The van der Waals surface area contributed by atoms with Crippen molar-refractivity contribution in [1.82, 2.24) is 15.2 Å². The van der Waals surface area contributed by atoms with Gasteiger partial charge in [0.25, 0.3) is 5.91 Å². The van der Waals surface area contributed by atoms with Crippen molar-refractivity contribution in [3.63, 3.8) is 0 Å². The van der Waals surface area contributed by atoms with Crippen molar-refractivity contribution < 1.29 is 19.4 Å². The maximum absolute atomic E-state index is 11.8. The number of morpholine rings is 1. The number of nitrogens with one attached hydrogen (secondary N) is 1. The van der Waals surface area contributed by atoms with E-state index in [9.17, 15) is 9.59 Å². The molecule has 1 aromatic rings. The summed E-state index contributed by atoms with van der Waals surface area (Å²) in [5.74, 6) is -1.35. The van der Waals surface area contributed by atoms with Crippen molar-refractivity contribution >= 4 is 11.9 Å². The van der Waals surface area contributed by atoms with E-state index in [-0.39, 0.29) is 17.2 Å². The first-order chi connectivity index (χ1) is 9.66. The van der Waals surface area contributed by atoms with Crippen LogP contribution in [0.3, 0.4) is 0 Å². The van der Waals surface area contributed by atoms with Gasteiger partial charge in [-0.05, 0) is 12.1 Å². The molecule has 2 N–H and O–H groups in total. The zero-order valence-corrected chi connectivity index (χ0v) is 11.0. The summed E-state index contributed by atoms with van der Waals surface area (Å²) in [4.78, 5) is 28.5. The Morgan fingerprint density at radius 3 is 2.70 bits per heavy atom. The molecule has 0 atom stereocenters. The second-order valence-electron chi connectivity index (χ2n) is 4.45. The molecule has 1 aliphatic heterocycles. The first kappa shape index (κ1) is 14.4. The number of ether oxygens (including phenoxy) is 1. The van der Waals surface area contributed by atoms with Crippen LogP contribution in [0.4, 0.5) is 0 Å². The van der Waals surface area contributed by atoms with Gasteiger partial charge in [-0.2, -0.15) is 0 Å². The molecule has 1 fully saturated rings. The van der Waals surface area contributed by atoms with Gasteiger partial charge in [-0.3, -0.25) is 14.7 Å². The van der Waals surface area contributed by atoms with Gasteiger partial charge in [-0.15, -0.1) is 0 Å². The minimum absolute atomic E-state index is 0.0647. The third kappa shape index (κ3) is 4.01. The first-order valence-electron chi connectivity index (χ1n) is 6.44. The van der Waals surface area contributed by atoms with Crippen molar-refractivity contribution in [2.75, 3.05) is 39.4 Å². The standard InChI is InChI=1S/C13H17N3O4/c17-12(11-2-1-10(9-15-11)13(18)19)14-3-4-16-5-7-20-8-6-16/h1-2,9H,3-8H2,(H,14,17)(H,18,19). The van der Waals surface area contributed by atoms with Gasteiger partial charge >= 0.3 is 5.97 Å². The Kier molecular flexibility index (Phi) is 5.03. The lowest BCUT2D eigenvalue weighted by molar-refractivity contribution is 0.0383. The predicted molar refractivity (Wildman–Crippen MR) is 70.8 cm³/mol. The quantitative estimate of drug-likeness (QED) is 0.778. The fourth-order valence-corrected chi connectivity index (χ4v) is 1.90. The van der Waals surface area contributed by atoms with Crippen LogP contribution >= 0.6 is 0 Å². The van der Waals surface area contributed by atoms with Crippen LogP contribution < -0.4 is 5.32 Å². The third-order valence-electron chi connectivity index (χ3n) is 3.06. The Balaban J connectivity index is 1.77. The van der Waals surface area contributed by atoms with Gasteiger partial charge in [-0.25, -0.2) is 4.79 Å². The maximum Gasteiger partial charge on any atom is 0.337 e. The number of carboxylic acid groups (broad SMARTS) is 1. The van der Waals surface area contributed by atoms with E-state index >= 15 is 0 Å². The van der Waals surface area contributed by atoms with Crippen LogP contribution in [-0.2, 0) is 4.74 Å². The Morgan fingerprint density at radius 2 is 2.10 bits per heavy atom. The zero-order chi connectivity index (χ0) is 14.4. The van der Waals surface area contributed by atoms with Crippen molar-refractivity contribution in [3.05, 3.63) is 29.6 Å². The largest absolute Gasteiger partial charge is 0.478 e. The Morgan fingerprint density at radius 1 is 1.35 bits per heavy atom. The van der Waals surface area contributed by atoms with Crippen LogP contribution in [0.25, 0.3) is 0 Å². The topological polar surface area (TPSA) is 91.8 Å². The van der Waals surface area contributed by atoms with E-state index in [1.807, 2.05) is 0 Å².